The third-order valence-corrected chi connectivity index (χ3v) is 6.71. The molecule has 3 fully saturated rings. The van der Waals surface area contributed by atoms with Gasteiger partial charge in [0.05, 0.1) is 36.0 Å². The van der Waals surface area contributed by atoms with Crippen LogP contribution in [0.1, 0.15) is 63.0 Å². The summed E-state index contributed by atoms with van der Waals surface area (Å²) >= 11 is 6.38. The number of nitrogens with zero attached hydrogens (tertiary/aromatic N) is 1. The average molecular weight is 424 g/mol. The Kier molecular flexibility index (Phi) is 6.64. The van der Waals surface area contributed by atoms with E-state index >= 15 is 0 Å². The molecule has 0 spiro atoms. The van der Waals surface area contributed by atoms with Gasteiger partial charge in [-0.2, -0.15) is 0 Å². The van der Waals surface area contributed by atoms with Crippen LogP contribution in [0.25, 0.3) is 0 Å². The van der Waals surface area contributed by atoms with Crippen LogP contribution in [0.4, 0.5) is 0 Å². The van der Waals surface area contributed by atoms with Crippen molar-refractivity contribution in [3.8, 4) is 5.75 Å². The summed E-state index contributed by atoms with van der Waals surface area (Å²) in [5.41, 5.74) is 0.901. The summed E-state index contributed by atoms with van der Waals surface area (Å²) in [6, 6.07) is 5.94. The number of hydrogen-bond donors (Lipinski definition) is 2. The first-order valence-corrected chi connectivity index (χ1v) is 11.1. The molecule has 160 valence electrons. The van der Waals surface area contributed by atoms with E-state index in [4.69, 9.17) is 21.1 Å². The van der Waals surface area contributed by atoms with Gasteiger partial charge < -0.3 is 24.6 Å². The highest BCUT2D eigenvalue weighted by atomic mass is 35.5. The quantitative estimate of drug-likeness (QED) is 0.760. The van der Waals surface area contributed by atoms with E-state index in [1.165, 1.54) is 0 Å². The molecule has 29 heavy (non-hydrogen) atoms. The summed E-state index contributed by atoms with van der Waals surface area (Å²) in [7, 11) is 0. The molecule has 1 aromatic carbocycles. The first kappa shape index (κ1) is 20.9. The molecule has 1 aromatic rings. The second kappa shape index (κ2) is 9.21. The molecule has 7 heteroatoms. The summed E-state index contributed by atoms with van der Waals surface area (Å²) in [5, 5.41) is 20.0. The van der Waals surface area contributed by atoms with Crippen molar-refractivity contribution in [2.45, 2.75) is 81.8 Å². The lowest BCUT2D eigenvalue weighted by atomic mass is 9.92. The maximum Gasteiger partial charge on any atom is 0.222 e. The summed E-state index contributed by atoms with van der Waals surface area (Å²) in [6.07, 6.45) is 5.29. The maximum atomic E-state index is 12.0. The van der Waals surface area contributed by atoms with Crippen LogP contribution in [0.15, 0.2) is 18.2 Å². The van der Waals surface area contributed by atoms with E-state index in [2.05, 4.69) is 0 Å². The second-order valence-electron chi connectivity index (χ2n) is 8.48. The Labute approximate surface area is 176 Å². The zero-order chi connectivity index (χ0) is 20.4. The van der Waals surface area contributed by atoms with Crippen molar-refractivity contribution in [3.05, 3.63) is 28.8 Å². The molecule has 2 heterocycles. The number of ether oxygens (including phenoxy) is 2. The number of carbonyl (C=O) groups is 1. The van der Waals surface area contributed by atoms with E-state index in [1.807, 2.05) is 17.0 Å². The van der Waals surface area contributed by atoms with Gasteiger partial charge in [0.1, 0.15) is 5.75 Å². The zero-order valence-corrected chi connectivity index (χ0v) is 17.4. The molecule has 2 aliphatic heterocycles. The Bertz CT molecular complexity index is 721. The fraction of sp³-hybridized carbons (Fsp3) is 0.682. The highest BCUT2D eigenvalue weighted by Gasteiger charge is 2.33. The minimum absolute atomic E-state index is 0.0831. The maximum absolute atomic E-state index is 12.0. The summed E-state index contributed by atoms with van der Waals surface area (Å²) in [5.74, 6) is 0.926. The van der Waals surface area contributed by atoms with Gasteiger partial charge in [-0.25, -0.2) is 0 Å². The monoisotopic (exact) mass is 423 g/mol. The Morgan fingerprint density at radius 3 is 2.69 bits per heavy atom. The van der Waals surface area contributed by atoms with Crippen molar-refractivity contribution in [3.63, 3.8) is 0 Å². The predicted octanol–water partition coefficient (Wildman–Crippen LogP) is 3.23. The molecule has 0 aromatic heterocycles. The molecular formula is C22H30ClNO5. The topological polar surface area (TPSA) is 79.2 Å². The number of carbonyl (C=O) groups excluding carboxylic acids is 1. The summed E-state index contributed by atoms with van der Waals surface area (Å²) in [4.78, 5) is 14.0. The first-order chi connectivity index (χ1) is 14.0. The van der Waals surface area contributed by atoms with Gasteiger partial charge in [-0.3, -0.25) is 4.79 Å². The van der Waals surface area contributed by atoms with Crippen molar-refractivity contribution in [2.24, 2.45) is 0 Å². The van der Waals surface area contributed by atoms with Crippen LogP contribution in [-0.2, 0) is 9.53 Å². The van der Waals surface area contributed by atoms with Gasteiger partial charge in [-0.15, -0.1) is 0 Å². The van der Waals surface area contributed by atoms with Gasteiger partial charge in [0.15, 0.2) is 0 Å². The smallest absolute Gasteiger partial charge is 0.222 e. The molecule has 0 bridgehead atoms. The predicted molar refractivity (Wildman–Crippen MR) is 109 cm³/mol. The van der Waals surface area contributed by atoms with Gasteiger partial charge in [-0.05, 0) is 49.8 Å². The minimum atomic E-state index is -0.491. The van der Waals surface area contributed by atoms with Gasteiger partial charge in [0, 0.05) is 31.8 Å². The molecular weight excluding hydrogens is 394 g/mol. The van der Waals surface area contributed by atoms with Crippen LogP contribution in [-0.4, -0.2) is 58.5 Å². The third kappa shape index (κ3) is 4.88. The normalized spacial score (nSPS) is 33.1. The fourth-order valence-corrected chi connectivity index (χ4v) is 5.00. The molecule has 3 unspecified atom stereocenters. The van der Waals surface area contributed by atoms with E-state index in [0.717, 1.165) is 44.2 Å². The number of rotatable bonds is 5. The Morgan fingerprint density at radius 1 is 1.21 bits per heavy atom. The highest BCUT2D eigenvalue weighted by Crippen LogP contribution is 2.37. The molecule has 1 saturated carbocycles. The number of halogens is 1. The third-order valence-electron chi connectivity index (χ3n) is 6.40. The first-order valence-electron chi connectivity index (χ1n) is 10.7. The minimum Gasteiger partial charge on any atom is -0.489 e. The zero-order valence-electron chi connectivity index (χ0n) is 16.6. The Balaban J connectivity index is 1.38. The average Bonchev–Trinajstić information content (AvgIpc) is 3.15. The largest absolute Gasteiger partial charge is 0.489 e. The van der Waals surface area contributed by atoms with Crippen LogP contribution >= 0.6 is 11.6 Å². The van der Waals surface area contributed by atoms with Gasteiger partial charge >= 0.3 is 0 Å². The van der Waals surface area contributed by atoms with Crippen LogP contribution in [0.5, 0.6) is 5.75 Å². The summed E-state index contributed by atoms with van der Waals surface area (Å²) < 4.78 is 12.1. The van der Waals surface area contributed by atoms with Gasteiger partial charge in [0.2, 0.25) is 5.91 Å². The Morgan fingerprint density at radius 2 is 2.00 bits per heavy atom. The molecule has 3 atom stereocenters. The molecule has 2 N–H and O–H groups in total. The molecule has 4 rings (SSSR count). The molecule has 0 radical (unpaired) electrons. The van der Waals surface area contributed by atoms with Crippen LogP contribution < -0.4 is 4.74 Å². The SMILES string of the molecule is O=C1CCCN1C1CCC(Oc2cc(C3CC(O)CC(CO)O3)ccc2Cl)CC1. The lowest BCUT2D eigenvalue weighted by molar-refractivity contribution is -0.130. The van der Waals surface area contributed by atoms with Crippen molar-refractivity contribution >= 4 is 17.5 Å². The van der Waals surface area contributed by atoms with E-state index in [0.29, 0.717) is 42.0 Å². The molecule has 3 aliphatic rings. The number of benzene rings is 1. The summed E-state index contributed by atoms with van der Waals surface area (Å²) in [6.45, 7) is 0.790. The van der Waals surface area contributed by atoms with Crippen molar-refractivity contribution in [1.29, 1.82) is 0 Å². The van der Waals surface area contributed by atoms with Crippen molar-refractivity contribution in [1.82, 2.24) is 4.90 Å². The molecule has 2 saturated heterocycles. The number of hydrogen-bond acceptors (Lipinski definition) is 5. The van der Waals surface area contributed by atoms with Gasteiger partial charge in [0.25, 0.3) is 0 Å². The standard InChI is InChI=1S/C22H30ClNO5/c23-19-8-3-14(20-12-16(26)11-18(13-25)29-20)10-21(19)28-17-6-4-15(5-7-17)24-9-1-2-22(24)27/h3,8,10,15-18,20,25-26H,1-2,4-7,9,11-13H2. The Hall–Kier alpha value is -1.34. The van der Waals surface area contributed by atoms with E-state index < -0.39 is 6.10 Å². The number of amides is 1. The van der Waals surface area contributed by atoms with Crippen molar-refractivity contribution < 1.29 is 24.5 Å². The van der Waals surface area contributed by atoms with Crippen molar-refractivity contribution in [2.75, 3.05) is 13.2 Å². The lowest BCUT2D eigenvalue weighted by Gasteiger charge is -2.35. The van der Waals surface area contributed by atoms with E-state index in [9.17, 15) is 15.0 Å². The van der Waals surface area contributed by atoms with Crippen LogP contribution in [0, 0.1) is 0 Å². The van der Waals surface area contributed by atoms with Crippen LogP contribution in [0.3, 0.4) is 0 Å². The second-order valence-corrected chi connectivity index (χ2v) is 8.89. The fourth-order valence-electron chi connectivity index (χ4n) is 4.84. The van der Waals surface area contributed by atoms with E-state index in [-0.39, 0.29) is 24.9 Å². The lowest BCUT2D eigenvalue weighted by Crippen LogP contribution is -2.40. The van der Waals surface area contributed by atoms with Crippen LogP contribution in [0.2, 0.25) is 5.02 Å². The highest BCUT2D eigenvalue weighted by molar-refractivity contribution is 6.32. The number of aliphatic hydroxyl groups is 2. The number of aliphatic hydroxyl groups excluding tert-OH is 2. The van der Waals surface area contributed by atoms with E-state index in [1.54, 1.807) is 6.07 Å². The molecule has 6 nitrogen and oxygen atoms in total. The number of likely N-dealkylation sites (tertiary alicyclic amines) is 1. The molecule has 1 aliphatic carbocycles. The van der Waals surface area contributed by atoms with Gasteiger partial charge in [-0.1, -0.05) is 17.7 Å². The molecule has 1 amide bonds.